The Kier molecular flexibility index (Phi) is 1.45. The summed E-state index contributed by atoms with van der Waals surface area (Å²) in [5, 5.41) is 0. The van der Waals surface area contributed by atoms with Crippen molar-refractivity contribution in [3.8, 4) is 0 Å². The molecule has 0 aromatic heterocycles. The van der Waals surface area contributed by atoms with Crippen LogP contribution >= 0.6 is 0 Å². The zero-order valence-electron chi connectivity index (χ0n) is 7.44. The van der Waals surface area contributed by atoms with Crippen molar-refractivity contribution in [2.24, 2.45) is 5.92 Å². The maximum atomic E-state index is 5.65. The Bertz CT molecular complexity index is 354. The molecular weight excluding hydrogens is 160 g/mol. The molecule has 66 valence electrons. The molecule has 2 aliphatic rings. The van der Waals surface area contributed by atoms with Gasteiger partial charge in [-0.05, 0) is 30.0 Å². The van der Waals surface area contributed by atoms with Gasteiger partial charge in [0.05, 0.1) is 6.26 Å². The molecule has 1 heterocycles. The maximum Gasteiger partial charge on any atom is 0.126 e. The van der Waals surface area contributed by atoms with Gasteiger partial charge >= 0.3 is 0 Å². The summed E-state index contributed by atoms with van der Waals surface area (Å²) in [5.74, 6) is 0.683. The van der Waals surface area contributed by atoms with Gasteiger partial charge in [-0.1, -0.05) is 24.3 Å². The van der Waals surface area contributed by atoms with Crippen LogP contribution in [0.3, 0.4) is 0 Å². The summed E-state index contributed by atoms with van der Waals surface area (Å²) in [6.45, 7) is 0. The van der Waals surface area contributed by atoms with Crippen molar-refractivity contribution in [2.75, 3.05) is 0 Å². The highest BCUT2D eigenvalue weighted by molar-refractivity contribution is 5.35. The number of rotatable bonds is 0. The summed E-state index contributed by atoms with van der Waals surface area (Å²) in [5.41, 5.74) is 2.87. The predicted octanol–water partition coefficient (Wildman–Crippen LogP) is 2.83. The molecule has 3 rings (SSSR count). The first kappa shape index (κ1) is 7.19. The van der Waals surface area contributed by atoms with Crippen LogP contribution in [0.4, 0.5) is 0 Å². The average Bonchev–Trinajstić information content (AvgIpc) is 2.56. The largest absolute Gasteiger partial charge is 0.493 e. The highest BCUT2D eigenvalue weighted by Gasteiger charge is 2.33. The number of hydrogen-bond donors (Lipinski definition) is 0. The summed E-state index contributed by atoms with van der Waals surface area (Å²) < 4.78 is 5.65. The van der Waals surface area contributed by atoms with Gasteiger partial charge in [0, 0.05) is 5.92 Å². The highest BCUT2D eigenvalue weighted by atomic mass is 16.5. The molecule has 1 aliphatic heterocycles. The minimum Gasteiger partial charge on any atom is -0.493 e. The molecule has 0 spiro atoms. The lowest BCUT2D eigenvalue weighted by Gasteiger charge is -2.22. The van der Waals surface area contributed by atoms with E-state index in [9.17, 15) is 0 Å². The van der Waals surface area contributed by atoms with Crippen LogP contribution in [0.1, 0.15) is 23.7 Å². The van der Waals surface area contributed by atoms with E-state index in [-0.39, 0.29) is 0 Å². The predicted molar refractivity (Wildman–Crippen MR) is 51.2 cm³/mol. The van der Waals surface area contributed by atoms with Gasteiger partial charge in [0.15, 0.2) is 0 Å². The average molecular weight is 172 g/mol. The van der Waals surface area contributed by atoms with Gasteiger partial charge in [0.25, 0.3) is 0 Å². The van der Waals surface area contributed by atoms with E-state index < -0.39 is 0 Å². The van der Waals surface area contributed by atoms with Gasteiger partial charge in [-0.15, -0.1) is 0 Å². The Balaban J connectivity index is 2.05. The molecule has 0 fully saturated rings. The van der Waals surface area contributed by atoms with Crippen LogP contribution < -0.4 is 0 Å². The zero-order valence-corrected chi connectivity index (χ0v) is 7.44. The molecule has 1 nitrogen and oxygen atoms in total. The van der Waals surface area contributed by atoms with Crippen molar-refractivity contribution in [3.05, 3.63) is 47.7 Å². The first-order chi connectivity index (χ1) is 6.45. The quantitative estimate of drug-likeness (QED) is 0.584. The fraction of sp³-hybridized carbons (Fsp3) is 0.333. The van der Waals surface area contributed by atoms with Crippen LogP contribution in [-0.4, -0.2) is 0 Å². The van der Waals surface area contributed by atoms with Crippen molar-refractivity contribution >= 4 is 0 Å². The Hall–Kier alpha value is -1.24. The lowest BCUT2D eigenvalue weighted by Crippen LogP contribution is -2.11. The summed E-state index contributed by atoms with van der Waals surface area (Å²) in [6.07, 6.45) is 6.67. The smallest absolute Gasteiger partial charge is 0.126 e. The second-order valence-electron chi connectivity index (χ2n) is 3.83. The molecule has 0 radical (unpaired) electrons. The second-order valence-corrected chi connectivity index (χ2v) is 3.83. The molecule has 0 amide bonds. The molecule has 0 saturated heterocycles. The molecule has 1 aromatic rings. The van der Waals surface area contributed by atoms with Crippen LogP contribution in [0.2, 0.25) is 0 Å². The third kappa shape index (κ3) is 0.998. The Morgan fingerprint density at radius 1 is 1.23 bits per heavy atom. The summed E-state index contributed by atoms with van der Waals surface area (Å²) in [4.78, 5) is 0. The van der Waals surface area contributed by atoms with E-state index in [4.69, 9.17) is 4.74 Å². The monoisotopic (exact) mass is 172 g/mol. The number of ether oxygens (including phenoxy) is 1. The first-order valence-corrected chi connectivity index (χ1v) is 4.83. The lowest BCUT2D eigenvalue weighted by atomic mass is 9.98. The van der Waals surface area contributed by atoms with Gasteiger partial charge in [0.2, 0.25) is 0 Å². The van der Waals surface area contributed by atoms with Crippen molar-refractivity contribution < 1.29 is 4.74 Å². The van der Waals surface area contributed by atoms with Crippen LogP contribution in [0.5, 0.6) is 0 Å². The molecule has 2 atom stereocenters. The lowest BCUT2D eigenvalue weighted by molar-refractivity contribution is 0.0849. The molecule has 0 saturated carbocycles. The highest BCUT2D eigenvalue weighted by Crippen LogP contribution is 2.42. The van der Waals surface area contributed by atoms with E-state index in [1.165, 1.54) is 24.0 Å². The van der Waals surface area contributed by atoms with E-state index in [0.29, 0.717) is 12.0 Å². The van der Waals surface area contributed by atoms with Crippen molar-refractivity contribution in [3.63, 3.8) is 0 Å². The van der Waals surface area contributed by atoms with Gasteiger partial charge < -0.3 is 4.74 Å². The molecular formula is C12H12O. The van der Waals surface area contributed by atoms with E-state index in [1.54, 1.807) is 0 Å². The fourth-order valence-corrected chi connectivity index (χ4v) is 2.40. The number of allylic oxidation sites excluding steroid dienone is 1. The van der Waals surface area contributed by atoms with Crippen molar-refractivity contribution in [2.45, 2.75) is 18.9 Å². The summed E-state index contributed by atoms with van der Waals surface area (Å²) in [7, 11) is 0. The van der Waals surface area contributed by atoms with Gasteiger partial charge in [-0.3, -0.25) is 0 Å². The number of hydrogen-bond acceptors (Lipinski definition) is 1. The van der Waals surface area contributed by atoms with Crippen LogP contribution in [-0.2, 0) is 11.2 Å². The van der Waals surface area contributed by atoms with E-state index in [2.05, 4.69) is 30.3 Å². The Morgan fingerprint density at radius 2 is 2.15 bits per heavy atom. The maximum absolute atomic E-state index is 5.65. The van der Waals surface area contributed by atoms with Gasteiger partial charge in [0.1, 0.15) is 6.10 Å². The Labute approximate surface area is 78.0 Å². The number of fused-ring (bicyclic) bond motifs is 3. The van der Waals surface area contributed by atoms with Crippen LogP contribution in [0, 0.1) is 5.92 Å². The minimum absolute atomic E-state index is 0.334. The molecule has 1 aromatic carbocycles. The first-order valence-electron chi connectivity index (χ1n) is 4.83. The summed E-state index contributed by atoms with van der Waals surface area (Å²) in [6, 6.07) is 8.63. The molecule has 2 unspecified atom stereocenters. The van der Waals surface area contributed by atoms with Crippen molar-refractivity contribution in [1.29, 1.82) is 0 Å². The molecule has 1 aliphatic carbocycles. The van der Waals surface area contributed by atoms with E-state index in [0.717, 1.165) is 0 Å². The van der Waals surface area contributed by atoms with Crippen molar-refractivity contribution in [1.82, 2.24) is 0 Å². The molecule has 13 heavy (non-hydrogen) atoms. The molecule has 0 bridgehead atoms. The molecule has 0 N–H and O–H groups in total. The van der Waals surface area contributed by atoms with Gasteiger partial charge in [-0.25, -0.2) is 0 Å². The topological polar surface area (TPSA) is 9.23 Å². The number of benzene rings is 1. The second kappa shape index (κ2) is 2.63. The summed E-state index contributed by atoms with van der Waals surface area (Å²) >= 11 is 0. The third-order valence-corrected chi connectivity index (χ3v) is 3.03. The van der Waals surface area contributed by atoms with E-state index >= 15 is 0 Å². The zero-order chi connectivity index (χ0) is 8.67. The third-order valence-electron chi connectivity index (χ3n) is 3.03. The minimum atomic E-state index is 0.334. The van der Waals surface area contributed by atoms with Crippen LogP contribution in [0.25, 0.3) is 0 Å². The van der Waals surface area contributed by atoms with E-state index in [1.807, 2.05) is 6.26 Å². The normalized spacial score (nSPS) is 29.2. The van der Waals surface area contributed by atoms with Crippen LogP contribution in [0.15, 0.2) is 36.6 Å². The Morgan fingerprint density at radius 3 is 3.15 bits per heavy atom. The standard InChI is InChI=1S/C12H12O/c1-2-6-11-9(4-1)8-10-5-3-7-13-12(10)11/h1-4,6-7,10,12H,5,8H2. The molecule has 1 heteroatoms. The van der Waals surface area contributed by atoms with Gasteiger partial charge in [-0.2, -0.15) is 0 Å². The SMILES string of the molecule is C1=COC2c3ccccc3CC2C1. The fourth-order valence-electron chi connectivity index (χ4n) is 2.40.